The first kappa shape index (κ1) is 26.6. The summed E-state index contributed by atoms with van der Waals surface area (Å²) in [6, 6.07) is 15.0. The van der Waals surface area contributed by atoms with Crippen molar-refractivity contribution < 1.29 is 19.4 Å². The van der Waals surface area contributed by atoms with Crippen LogP contribution in [0.3, 0.4) is 0 Å². The summed E-state index contributed by atoms with van der Waals surface area (Å²) in [4.78, 5) is 15.5. The lowest BCUT2D eigenvalue weighted by atomic mass is 10.0. The van der Waals surface area contributed by atoms with Crippen molar-refractivity contribution in [3.63, 3.8) is 0 Å². The Morgan fingerprint density at radius 3 is 2.22 bits per heavy atom. The zero-order chi connectivity index (χ0) is 24.1. The minimum absolute atomic E-state index is 0.0263. The Hall–Kier alpha value is -3.39. The molecule has 0 spiro atoms. The van der Waals surface area contributed by atoms with E-state index in [-0.39, 0.29) is 17.7 Å². The molecule has 0 fully saturated rings. The fourth-order valence-corrected chi connectivity index (χ4v) is 3.46. The van der Waals surface area contributed by atoms with Gasteiger partial charge in [0.15, 0.2) is 0 Å². The van der Waals surface area contributed by atoms with E-state index in [9.17, 15) is 9.90 Å². The van der Waals surface area contributed by atoms with Crippen LogP contribution in [0, 0.1) is 12.8 Å². The largest absolute Gasteiger partial charge is 0.512 e. The highest BCUT2D eigenvalue weighted by molar-refractivity contribution is 6.07. The van der Waals surface area contributed by atoms with Gasteiger partial charge < -0.3 is 19.5 Å². The summed E-state index contributed by atoms with van der Waals surface area (Å²) in [7, 11) is 3.22. The lowest BCUT2D eigenvalue weighted by Gasteiger charge is -2.31. The third-order valence-corrected chi connectivity index (χ3v) is 5.21. The number of benzene rings is 2. The predicted molar refractivity (Wildman–Crippen MR) is 131 cm³/mol. The molecule has 1 amide bonds. The van der Waals surface area contributed by atoms with Crippen molar-refractivity contribution in [2.75, 3.05) is 19.1 Å². The SMILES string of the molecule is C#C.CCCCC(C)N(C(=O)/C(Cc1ccc(OC)cc1)=C(\C)O)c1ccccc1OC. The molecule has 0 saturated heterocycles. The van der Waals surface area contributed by atoms with Crippen LogP contribution in [-0.2, 0) is 11.2 Å². The molecular formula is C27H35NO4. The van der Waals surface area contributed by atoms with E-state index >= 15 is 0 Å². The molecule has 1 atom stereocenters. The Kier molecular flexibility index (Phi) is 11.5. The number of unbranched alkanes of at least 4 members (excludes halogenated alkanes) is 1. The van der Waals surface area contributed by atoms with Crippen LogP contribution in [0.5, 0.6) is 11.5 Å². The second-order valence-electron chi connectivity index (χ2n) is 7.43. The van der Waals surface area contributed by atoms with Crippen molar-refractivity contribution in [3.05, 3.63) is 65.4 Å². The molecule has 0 aliphatic carbocycles. The van der Waals surface area contributed by atoms with Crippen LogP contribution in [0.4, 0.5) is 5.69 Å². The molecule has 0 bridgehead atoms. The summed E-state index contributed by atoms with van der Waals surface area (Å²) >= 11 is 0. The maximum Gasteiger partial charge on any atom is 0.258 e. The van der Waals surface area contributed by atoms with Gasteiger partial charge in [0.2, 0.25) is 0 Å². The highest BCUT2D eigenvalue weighted by Crippen LogP contribution is 2.32. The van der Waals surface area contributed by atoms with Gasteiger partial charge in [-0.3, -0.25) is 4.79 Å². The molecule has 5 heteroatoms. The van der Waals surface area contributed by atoms with E-state index in [1.807, 2.05) is 55.5 Å². The van der Waals surface area contributed by atoms with Crippen molar-refractivity contribution in [1.29, 1.82) is 0 Å². The molecule has 2 aromatic carbocycles. The summed E-state index contributed by atoms with van der Waals surface area (Å²) < 4.78 is 10.7. The Bertz CT molecular complexity index is 895. The Balaban J connectivity index is 0.00000249. The second-order valence-corrected chi connectivity index (χ2v) is 7.43. The first-order chi connectivity index (χ1) is 15.4. The minimum Gasteiger partial charge on any atom is -0.512 e. The van der Waals surface area contributed by atoms with Crippen molar-refractivity contribution in [2.24, 2.45) is 0 Å². The van der Waals surface area contributed by atoms with Gasteiger partial charge in [0.1, 0.15) is 11.5 Å². The highest BCUT2D eigenvalue weighted by atomic mass is 16.5. The van der Waals surface area contributed by atoms with Crippen LogP contribution in [0.15, 0.2) is 59.9 Å². The van der Waals surface area contributed by atoms with Crippen LogP contribution in [-0.4, -0.2) is 31.3 Å². The number of methoxy groups -OCH3 is 2. The van der Waals surface area contributed by atoms with Gasteiger partial charge in [-0.25, -0.2) is 0 Å². The summed E-state index contributed by atoms with van der Waals surface area (Å²) in [6.07, 6.45) is 11.2. The topological polar surface area (TPSA) is 59.0 Å². The lowest BCUT2D eigenvalue weighted by molar-refractivity contribution is -0.115. The third kappa shape index (κ3) is 7.09. The second kappa shape index (κ2) is 13.8. The molecule has 0 heterocycles. The average molecular weight is 438 g/mol. The Morgan fingerprint density at radius 1 is 1.06 bits per heavy atom. The summed E-state index contributed by atoms with van der Waals surface area (Å²) in [6.45, 7) is 5.74. The number of rotatable bonds is 10. The van der Waals surface area contributed by atoms with Crippen LogP contribution in [0.1, 0.15) is 45.6 Å². The fraction of sp³-hybridized carbons (Fsp3) is 0.370. The number of carbonyl (C=O) groups is 1. The normalized spacial score (nSPS) is 12.0. The standard InChI is InChI=1S/C25H33NO4.C2H2/c1-6-7-10-18(2)26(23-11-8-9-12-24(23)30-5)25(28)22(19(3)27)17-20-13-15-21(29-4)16-14-20;1-2/h8-9,11-16,18,27H,6-7,10,17H2,1-5H3;1-2H/b22-19+;. The molecule has 2 aromatic rings. The number of hydrogen-bond donors (Lipinski definition) is 1. The molecule has 32 heavy (non-hydrogen) atoms. The van der Waals surface area contributed by atoms with Gasteiger partial charge in [-0.15, -0.1) is 12.8 Å². The number of para-hydroxylation sites is 2. The van der Waals surface area contributed by atoms with E-state index in [4.69, 9.17) is 9.47 Å². The van der Waals surface area contributed by atoms with E-state index in [1.165, 1.54) is 0 Å². The van der Waals surface area contributed by atoms with E-state index in [1.54, 1.807) is 26.0 Å². The molecule has 0 saturated carbocycles. The molecule has 1 N–H and O–H groups in total. The van der Waals surface area contributed by atoms with Crippen LogP contribution in [0.2, 0.25) is 0 Å². The average Bonchev–Trinajstić information content (AvgIpc) is 2.83. The van der Waals surface area contributed by atoms with Crippen LogP contribution < -0.4 is 14.4 Å². The van der Waals surface area contributed by atoms with Crippen molar-refractivity contribution >= 4 is 11.6 Å². The monoisotopic (exact) mass is 437 g/mol. The first-order valence-corrected chi connectivity index (χ1v) is 10.7. The summed E-state index contributed by atoms with van der Waals surface area (Å²) in [5, 5.41) is 10.4. The van der Waals surface area contributed by atoms with Gasteiger partial charge in [-0.1, -0.05) is 44.0 Å². The summed E-state index contributed by atoms with van der Waals surface area (Å²) in [5.41, 5.74) is 2.00. The maximum atomic E-state index is 13.7. The van der Waals surface area contributed by atoms with E-state index < -0.39 is 0 Å². The van der Waals surface area contributed by atoms with Gasteiger partial charge in [0.25, 0.3) is 5.91 Å². The number of anilines is 1. The molecule has 0 radical (unpaired) electrons. The van der Waals surface area contributed by atoms with Crippen molar-refractivity contribution in [2.45, 2.75) is 52.5 Å². The smallest absolute Gasteiger partial charge is 0.258 e. The molecule has 2 rings (SSSR count). The summed E-state index contributed by atoms with van der Waals surface area (Å²) in [5.74, 6) is 1.20. The zero-order valence-electron chi connectivity index (χ0n) is 19.8. The molecule has 5 nitrogen and oxygen atoms in total. The third-order valence-electron chi connectivity index (χ3n) is 5.21. The van der Waals surface area contributed by atoms with Crippen molar-refractivity contribution in [3.8, 4) is 24.3 Å². The number of carbonyl (C=O) groups excluding carboxylic acids is 1. The molecule has 0 aliphatic rings. The molecule has 172 valence electrons. The molecular weight excluding hydrogens is 402 g/mol. The van der Waals surface area contributed by atoms with Gasteiger partial charge >= 0.3 is 0 Å². The molecule has 0 aliphatic heterocycles. The predicted octanol–water partition coefficient (Wildman–Crippen LogP) is 5.94. The van der Waals surface area contributed by atoms with Gasteiger partial charge in [-0.2, -0.15) is 0 Å². The maximum absolute atomic E-state index is 13.7. The number of allylic oxidation sites excluding steroid dienone is 1. The van der Waals surface area contributed by atoms with Crippen molar-refractivity contribution in [1.82, 2.24) is 0 Å². The van der Waals surface area contributed by atoms with E-state index in [0.717, 1.165) is 30.6 Å². The number of terminal acetylenes is 1. The minimum atomic E-state index is -0.209. The number of aliphatic hydroxyl groups is 1. The van der Waals surface area contributed by atoms with Gasteiger partial charge in [0.05, 0.1) is 31.2 Å². The van der Waals surface area contributed by atoms with E-state index in [2.05, 4.69) is 19.8 Å². The van der Waals surface area contributed by atoms with Gasteiger partial charge in [0, 0.05) is 12.5 Å². The molecule has 0 aromatic heterocycles. The fourth-order valence-electron chi connectivity index (χ4n) is 3.46. The first-order valence-electron chi connectivity index (χ1n) is 10.7. The molecule has 1 unspecified atom stereocenters. The van der Waals surface area contributed by atoms with Crippen LogP contribution in [0.25, 0.3) is 0 Å². The number of hydrogen-bond acceptors (Lipinski definition) is 4. The zero-order valence-corrected chi connectivity index (χ0v) is 19.8. The van der Waals surface area contributed by atoms with Crippen LogP contribution >= 0.6 is 0 Å². The number of amides is 1. The highest BCUT2D eigenvalue weighted by Gasteiger charge is 2.28. The quantitative estimate of drug-likeness (QED) is 0.284. The number of ether oxygens (including phenoxy) is 2. The van der Waals surface area contributed by atoms with Gasteiger partial charge in [-0.05, 0) is 50.1 Å². The Labute approximate surface area is 192 Å². The lowest BCUT2D eigenvalue weighted by Crippen LogP contribution is -2.40. The van der Waals surface area contributed by atoms with E-state index in [0.29, 0.717) is 23.4 Å². The Morgan fingerprint density at radius 2 is 1.69 bits per heavy atom. The number of aliphatic hydroxyl groups excluding tert-OH is 1. The number of nitrogens with zero attached hydrogens (tertiary/aromatic N) is 1.